The summed E-state index contributed by atoms with van der Waals surface area (Å²) >= 11 is 0. The smallest absolute Gasteiger partial charge is 0.251 e. The number of aliphatic hydroxyl groups excluding tert-OH is 1. The molecule has 0 aliphatic carbocycles. The summed E-state index contributed by atoms with van der Waals surface area (Å²) in [6, 6.07) is 7.51. The van der Waals surface area contributed by atoms with Crippen LogP contribution in [-0.4, -0.2) is 37.8 Å². The van der Waals surface area contributed by atoms with Crippen LogP contribution in [0.3, 0.4) is 0 Å². The fourth-order valence-electron chi connectivity index (χ4n) is 1.89. The van der Waals surface area contributed by atoms with Crippen LogP contribution in [0.1, 0.15) is 30.6 Å². The first-order valence-corrected chi connectivity index (χ1v) is 6.64. The van der Waals surface area contributed by atoms with Crippen LogP contribution in [0.4, 0.5) is 5.69 Å². The van der Waals surface area contributed by atoms with Crippen molar-refractivity contribution in [1.82, 2.24) is 5.32 Å². The summed E-state index contributed by atoms with van der Waals surface area (Å²) in [7, 11) is 3.89. The Kier molecular flexibility index (Phi) is 5.83. The van der Waals surface area contributed by atoms with Crippen molar-refractivity contribution in [1.29, 1.82) is 0 Å². The minimum Gasteiger partial charge on any atom is -0.396 e. The van der Waals surface area contributed by atoms with Gasteiger partial charge in [-0.3, -0.25) is 4.79 Å². The van der Waals surface area contributed by atoms with Crippen molar-refractivity contribution < 1.29 is 9.90 Å². The first-order valence-electron chi connectivity index (χ1n) is 6.64. The zero-order valence-electron chi connectivity index (χ0n) is 12.2. The average molecular weight is 264 g/mol. The van der Waals surface area contributed by atoms with Gasteiger partial charge in [-0.25, -0.2) is 0 Å². The zero-order valence-corrected chi connectivity index (χ0v) is 12.2. The lowest BCUT2D eigenvalue weighted by Crippen LogP contribution is -2.39. The van der Waals surface area contributed by atoms with Crippen molar-refractivity contribution in [3.05, 3.63) is 29.8 Å². The zero-order chi connectivity index (χ0) is 14.4. The van der Waals surface area contributed by atoms with E-state index in [9.17, 15) is 4.79 Å². The van der Waals surface area contributed by atoms with E-state index in [4.69, 9.17) is 5.11 Å². The molecule has 1 unspecified atom stereocenters. The van der Waals surface area contributed by atoms with Gasteiger partial charge in [0.2, 0.25) is 0 Å². The fraction of sp³-hybridized carbons (Fsp3) is 0.533. The van der Waals surface area contributed by atoms with Crippen molar-refractivity contribution in [2.45, 2.75) is 26.3 Å². The van der Waals surface area contributed by atoms with E-state index in [1.807, 2.05) is 51.0 Å². The van der Waals surface area contributed by atoms with E-state index < -0.39 is 0 Å². The van der Waals surface area contributed by atoms with Crippen LogP contribution in [0.15, 0.2) is 24.3 Å². The van der Waals surface area contributed by atoms with Gasteiger partial charge in [-0.15, -0.1) is 0 Å². The molecule has 0 fully saturated rings. The Bertz CT molecular complexity index is 416. The second kappa shape index (κ2) is 7.14. The van der Waals surface area contributed by atoms with Crippen LogP contribution in [0, 0.1) is 5.92 Å². The molecule has 0 heterocycles. The quantitative estimate of drug-likeness (QED) is 0.825. The predicted octanol–water partition coefficient (Wildman–Crippen LogP) is 1.89. The van der Waals surface area contributed by atoms with Gasteiger partial charge in [-0.05, 0) is 30.5 Å². The molecule has 0 saturated heterocycles. The minimum absolute atomic E-state index is 0.000474. The van der Waals surface area contributed by atoms with E-state index in [1.54, 1.807) is 6.07 Å². The number of benzene rings is 1. The van der Waals surface area contributed by atoms with Crippen molar-refractivity contribution in [3.63, 3.8) is 0 Å². The summed E-state index contributed by atoms with van der Waals surface area (Å²) in [5, 5.41) is 12.0. The maximum atomic E-state index is 12.2. The number of amides is 1. The third-order valence-electron chi connectivity index (χ3n) is 3.19. The third kappa shape index (κ3) is 4.56. The molecule has 1 aromatic carbocycles. The molecule has 1 aromatic rings. The van der Waals surface area contributed by atoms with Crippen molar-refractivity contribution in [2.75, 3.05) is 25.6 Å². The Morgan fingerprint density at radius 2 is 2.05 bits per heavy atom. The highest BCUT2D eigenvalue weighted by Crippen LogP contribution is 2.14. The number of nitrogens with one attached hydrogen (secondary N) is 1. The standard InChI is InChI=1S/C15H24N2O2/c1-11(2)14(8-9-18)16-15(19)12-6-5-7-13(10-12)17(3)4/h5-7,10-11,14,18H,8-9H2,1-4H3,(H,16,19). The summed E-state index contributed by atoms with van der Waals surface area (Å²) in [5.41, 5.74) is 1.64. The number of hydrogen-bond acceptors (Lipinski definition) is 3. The van der Waals surface area contributed by atoms with Gasteiger partial charge in [-0.1, -0.05) is 19.9 Å². The Morgan fingerprint density at radius 1 is 1.37 bits per heavy atom. The fourth-order valence-corrected chi connectivity index (χ4v) is 1.89. The summed E-state index contributed by atoms with van der Waals surface area (Å²) in [5.74, 6) is 0.212. The highest BCUT2D eigenvalue weighted by Gasteiger charge is 2.16. The monoisotopic (exact) mass is 264 g/mol. The summed E-state index contributed by atoms with van der Waals surface area (Å²) in [6.45, 7) is 4.16. The molecular formula is C15H24N2O2. The van der Waals surface area contributed by atoms with Crippen LogP contribution in [-0.2, 0) is 0 Å². The number of anilines is 1. The van der Waals surface area contributed by atoms with Gasteiger partial charge in [0, 0.05) is 38.0 Å². The summed E-state index contributed by atoms with van der Waals surface area (Å²) < 4.78 is 0. The molecule has 0 radical (unpaired) electrons. The van der Waals surface area contributed by atoms with Crippen molar-refractivity contribution >= 4 is 11.6 Å². The second-order valence-corrected chi connectivity index (χ2v) is 5.28. The second-order valence-electron chi connectivity index (χ2n) is 5.28. The first-order chi connectivity index (χ1) is 8.95. The summed E-state index contributed by atoms with van der Waals surface area (Å²) in [4.78, 5) is 14.2. The minimum atomic E-state index is -0.0872. The van der Waals surface area contributed by atoms with Gasteiger partial charge in [-0.2, -0.15) is 0 Å². The Hall–Kier alpha value is -1.55. The number of rotatable bonds is 6. The van der Waals surface area contributed by atoms with Crippen LogP contribution >= 0.6 is 0 Å². The van der Waals surface area contributed by atoms with E-state index in [-0.39, 0.29) is 18.6 Å². The SMILES string of the molecule is CC(C)C(CCO)NC(=O)c1cccc(N(C)C)c1. The maximum absolute atomic E-state index is 12.2. The number of carbonyl (C=O) groups excluding carboxylic acids is 1. The molecule has 1 amide bonds. The van der Waals surface area contributed by atoms with Gasteiger partial charge in [0.25, 0.3) is 5.91 Å². The Morgan fingerprint density at radius 3 is 2.58 bits per heavy atom. The third-order valence-corrected chi connectivity index (χ3v) is 3.19. The lowest BCUT2D eigenvalue weighted by molar-refractivity contribution is 0.0916. The lowest BCUT2D eigenvalue weighted by Gasteiger charge is -2.22. The highest BCUT2D eigenvalue weighted by molar-refractivity contribution is 5.95. The van der Waals surface area contributed by atoms with E-state index in [0.717, 1.165) is 5.69 Å². The van der Waals surface area contributed by atoms with E-state index in [0.29, 0.717) is 17.9 Å². The molecule has 0 saturated carbocycles. The molecule has 0 aliphatic heterocycles. The van der Waals surface area contributed by atoms with Gasteiger partial charge < -0.3 is 15.3 Å². The first kappa shape index (κ1) is 15.5. The molecule has 0 spiro atoms. The van der Waals surface area contributed by atoms with E-state index in [1.165, 1.54) is 0 Å². The molecule has 0 bridgehead atoms. The van der Waals surface area contributed by atoms with Crippen LogP contribution in [0.25, 0.3) is 0 Å². The predicted molar refractivity (Wildman–Crippen MR) is 78.6 cm³/mol. The Balaban J connectivity index is 2.79. The normalized spacial score (nSPS) is 12.3. The average Bonchev–Trinajstić information content (AvgIpc) is 2.38. The number of carbonyl (C=O) groups is 1. The number of hydrogen-bond donors (Lipinski definition) is 2. The molecule has 1 rings (SSSR count). The van der Waals surface area contributed by atoms with Gasteiger partial charge in [0.05, 0.1) is 0 Å². The maximum Gasteiger partial charge on any atom is 0.251 e. The van der Waals surface area contributed by atoms with Gasteiger partial charge >= 0.3 is 0 Å². The molecule has 4 nitrogen and oxygen atoms in total. The topological polar surface area (TPSA) is 52.6 Å². The van der Waals surface area contributed by atoms with E-state index >= 15 is 0 Å². The number of nitrogens with zero attached hydrogens (tertiary/aromatic N) is 1. The van der Waals surface area contributed by atoms with Crippen LogP contribution in [0.5, 0.6) is 0 Å². The van der Waals surface area contributed by atoms with Crippen LogP contribution in [0.2, 0.25) is 0 Å². The molecule has 4 heteroatoms. The van der Waals surface area contributed by atoms with Gasteiger partial charge in [0.15, 0.2) is 0 Å². The molecule has 0 aliphatic rings. The van der Waals surface area contributed by atoms with Crippen molar-refractivity contribution in [2.24, 2.45) is 5.92 Å². The van der Waals surface area contributed by atoms with Crippen LogP contribution < -0.4 is 10.2 Å². The molecule has 1 atom stereocenters. The summed E-state index contributed by atoms with van der Waals surface area (Å²) in [6.07, 6.45) is 0.580. The van der Waals surface area contributed by atoms with Crippen molar-refractivity contribution in [3.8, 4) is 0 Å². The largest absolute Gasteiger partial charge is 0.396 e. The number of aliphatic hydroxyl groups is 1. The molecule has 0 aromatic heterocycles. The molecule has 2 N–H and O–H groups in total. The van der Waals surface area contributed by atoms with Gasteiger partial charge in [0.1, 0.15) is 0 Å². The lowest BCUT2D eigenvalue weighted by atomic mass is 10.0. The molecular weight excluding hydrogens is 240 g/mol. The highest BCUT2D eigenvalue weighted by atomic mass is 16.3. The van der Waals surface area contributed by atoms with E-state index in [2.05, 4.69) is 5.32 Å². The molecule has 19 heavy (non-hydrogen) atoms. The Labute approximate surface area is 115 Å². The molecule has 106 valence electrons.